The van der Waals surface area contributed by atoms with Crippen molar-refractivity contribution in [2.45, 2.75) is 25.9 Å². The molecule has 2 aromatic rings. The van der Waals surface area contributed by atoms with Crippen LogP contribution in [0.4, 0.5) is 0 Å². The summed E-state index contributed by atoms with van der Waals surface area (Å²) in [6, 6.07) is 14.6. The number of nitrogens with one attached hydrogen (secondary N) is 2. The third-order valence-electron chi connectivity index (χ3n) is 4.30. The van der Waals surface area contributed by atoms with Crippen LogP contribution in [0.25, 0.3) is 0 Å². The lowest BCUT2D eigenvalue weighted by Gasteiger charge is -2.28. The van der Waals surface area contributed by atoms with Gasteiger partial charge in [-0.05, 0) is 36.2 Å². The molecule has 0 saturated carbocycles. The minimum atomic E-state index is 0.197. The maximum absolute atomic E-state index is 5.72. The van der Waals surface area contributed by atoms with E-state index in [0.29, 0.717) is 13.2 Å². The Balaban J connectivity index is 1.66. The summed E-state index contributed by atoms with van der Waals surface area (Å²) in [5, 5.41) is 6.89. The van der Waals surface area contributed by atoms with Crippen LogP contribution in [0, 0.1) is 6.92 Å². The van der Waals surface area contributed by atoms with Gasteiger partial charge in [0.2, 0.25) is 0 Å². The quantitative estimate of drug-likeness (QED) is 0.663. The molecule has 0 radical (unpaired) electrons. The average molecular weight is 339 g/mol. The fraction of sp³-hybridized carbons (Fsp3) is 0.350. The highest BCUT2D eigenvalue weighted by molar-refractivity contribution is 5.80. The second-order valence-electron chi connectivity index (χ2n) is 6.16. The Bertz CT molecular complexity index is 758. The second kappa shape index (κ2) is 7.92. The van der Waals surface area contributed by atoms with Gasteiger partial charge < -0.3 is 20.1 Å². The number of rotatable bonds is 4. The van der Waals surface area contributed by atoms with Gasteiger partial charge >= 0.3 is 0 Å². The molecule has 2 aromatic carbocycles. The Hall–Kier alpha value is -2.69. The highest BCUT2D eigenvalue weighted by Crippen LogP contribution is 2.31. The Kier molecular flexibility index (Phi) is 5.43. The first-order chi connectivity index (χ1) is 12.2. The van der Waals surface area contributed by atoms with Crippen molar-refractivity contribution >= 4 is 5.96 Å². The number of hydrogen-bond acceptors (Lipinski definition) is 3. The van der Waals surface area contributed by atoms with Crippen molar-refractivity contribution in [3.05, 3.63) is 59.2 Å². The van der Waals surface area contributed by atoms with E-state index in [1.54, 1.807) is 14.2 Å². The number of nitrogens with zero attached hydrogens (tertiary/aromatic N) is 1. The monoisotopic (exact) mass is 339 g/mol. The van der Waals surface area contributed by atoms with E-state index >= 15 is 0 Å². The molecular weight excluding hydrogens is 314 g/mol. The van der Waals surface area contributed by atoms with E-state index in [1.807, 2.05) is 30.3 Å². The van der Waals surface area contributed by atoms with E-state index < -0.39 is 0 Å². The van der Waals surface area contributed by atoms with Crippen molar-refractivity contribution in [2.24, 2.45) is 4.99 Å². The van der Waals surface area contributed by atoms with Gasteiger partial charge in [0.15, 0.2) is 5.96 Å². The van der Waals surface area contributed by atoms with Crippen LogP contribution in [0.5, 0.6) is 11.5 Å². The molecule has 0 aliphatic carbocycles. The van der Waals surface area contributed by atoms with Crippen molar-refractivity contribution in [1.29, 1.82) is 0 Å². The summed E-state index contributed by atoms with van der Waals surface area (Å²) >= 11 is 0. The van der Waals surface area contributed by atoms with Crippen LogP contribution in [0.15, 0.2) is 47.5 Å². The lowest BCUT2D eigenvalue weighted by atomic mass is 10.0. The predicted molar refractivity (Wildman–Crippen MR) is 100 cm³/mol. The number of benzene rings is 2. The molecular formula is C20H25N3O2. The summed E-state index contributed by atoms with van der Waals surface area (Å²) in [4.78, 5) is 4.36. The number of guanidine groups is 1. The molecule has 1 aliphatic rings. The average Bonchev–Trinajstić information content (AvgIpc) is 2.64. The number of hydrogen-bond donors (Lipinski definition) is 2. The van der Waals surface area contributed by atoms with Crippen molar-refractivity contribution in [3.63, 3.8) is 0 Å². The normalized spacial score (nSPS) is 16.6. The van der Waals surface area contributed by atoms with E-state index in [9.17, 15) is 0 Å². The number of methoxy groups -OCH3 is 1. The van der Waals surface area contributed by atoms with Crippen LogP contribution >= 0.6 is 0 Å². The summed E-state index contributed by atoms with van der Waals surface area (Å²) in [5.74, 6) is 2.60. The number of ether oxygens (including phenoxy) is 2. The Labute approximate surface area is 149 Å². The molecule has 1 unspecified atom stereocenters. The first-order valence-electron chi connectivity index (χ1n) is 8.53. The molecule has 2 N–H and O–H groups in total. The van der Waals surface area contributed by atoms with E-state index in [1.165, 1.54) is 11.1 Å². The fourth-order valence-corrected chi connectivity index (χ4v) is 3.08. The van der Waals surface area contributed by atoms with Crippen molar-refractivity contribution in [1.82, 2.24) is 10.6 Å². The summed E-state index contributed by atoms with van der Waals surface area (Å²) in [7, 11) is 3.48. The van der Waals surface area contributed by atoms with Gasteiger partial charge in [-0.3, -0.25) is 4.99 Å². The van der Waals surface area contributed by atoms with Gasteiger partial charge in [-0.15, -0.1) is 0 Å². The highest BCUT2D eigenvalue weighted by Gasteiger charge is 2.21. The lowest BCUT2D eigenvalue weighted by molar-refractivity contribution is 0.261. The van der Waals surface area contributed by atoms with Crippen molar-refractivity contribution in [2.75, 3.05) is 20.8 Å². The number of para-hydroxylation sites is 1. The number of fused-ring (bicyclic) bond motifs is 1. The van der Waals surface area contributed by atoms with Crippen molar-refractivity contribution < 1.29 is 9.47 Å². The van der Waals surface area contributed by atoms with Crippen LogP contribution in [-0.4, -0.2) is 26.7 Å². The van der Waals surface area contributed by atoms with Gasteiger partial charge in [0.1, 0.15) is 11.5 Å². The van der Waals surface area contributed by atoms with E-state index in [4.69, 9.17) is 9.47 Å². The summed E-state index contributed by atoms with van der Waals surface area (Å²) in [6.07, 6.45) is 0.913. The van der Waals surface area contributed by atoms with Gasteiger partial charge in [0.25, 0.3) is 0 Å². The zero-order chi connectivity index (χ0) is 17.6. The second-order valence-corrected chi connectivity index (χ2v) is 6.16. The maximum Gasteiger partial charge on any atom is 0.191 e. The first kappa shape index (κ1) is 17.1. The van der Waals surface area contributed by atoms with E-state index in [0.717, 1.165) is 29.4 Å². The molecule has 25 heavy (non-hydrogen) atoms. The Morgan fingerprint density at radius 3 is 2.92 bits per heavy atom. The molecule has 1 aliphatic heterocycles. The van der Waals surface area contributed by atoms with Gasteiger partial charge in [-0.1, -0.05) is 24.3 Å². The van der Waals surface area contributed by atoms with Crippen LogP contribution < -0.4 is 20.1 Å². The molecule has 1 atom stereocenters. The van der Waals surface area contributed by atoms with Gasteiger partial charge in [-0.2, -0.15) is 0 Å². The van der Waals surface area contributed by atoms with Crippen molar-refractivity contribution in [3.8, 4) is 11.5 Å². The molecule has 0 spiro atoms. The molecule has 132 valence electrons. The summed E-state index contributed by atoms with van der Waals surface area (Å²) in [5.41, 5.74) is 3.51. The summed E-state index contributed by atoms with van der Waals surface area (Å²) in [6.45, 7) is 3.46. The zero-order valence-electron chi connectivity index (χ0n) is 15.0. The molecule has 1 heterocycles. The Morgan fingerprint density at radius 2 is 2.12 bits per heavy atom. The van der Waals surface area contributed by atoms with Gasteiger partial charge in [-0.25, -0.2) is 0 Å². The topological polar surface area (TPSA) is 54.9 Å². The lowest BCUT2D eigenvalue weighted by Crippen LogP contribution is -2.40. The van der Waals surface area contributed by atoms with Crippen LogP contribution in [0.2, 0.25) is 0 Å². The van der Waals surface area contributed by atoms with Crippen LogP contribution in [0.3, 0.4) is 0 Å². The van der Waals surface area contributed by atoms with Gasteiger partial charge in [0, 0.05) is 25.6 Å². The molecule has 5 heteroatoms. The van der Waals surface area contributed by atoms with E-state index in [2.05, 4.69) is 34.7 Å². The highest BCUT2D eigenvalue weighted by atomic mass is 16.5. The van der Waals surface area contributed by atoms with Crippen LogP contribution in [-0.2, 0) is 6.54 Å². The molecule has 5 nitrogen and oxygen atoms in total. The molecule has 0 fully saturated rings. The first-order valence-corrected chi connectivity index (χ1v) is 8.53. The standard InChI is InChI=1S/C20H25N3O2/c1-14-10-15(12-16(11-14)24-3)13-22-20(21-2)23-18-8-9-25-19-7-5-4-6-17(18)19/h4-7,10-12,18H,8-9,13H2,1-3H3,(H2,21,22,23). The Morgan fingerprint density at radius 1 is 1.28 bits per heavy atom. The van der Waals surface area contributed by atoms with E-state index in [-0.39, 0.29) is 6.04 Å². The molecule has 0 amide bonds. The largest absolute Gasteiger partial charge is 0.497 e. The van der Waals surface area contributed by atoms with Gasteiger partial charge in [0.05, 0.1) is 19.8 Å². The molecule has 0 saturated heterocycles. The third-order valence-corrected chi connectivity index (χ3v) is 4.30. The fourth-order valence-electron chi connectivity index (χ4n) is 3.08. The maximum atomic E-state index is 5.72. The minimum Gasteiger partial charge on any atom is -0.497 e. The zero-order valence-corrected chi connectivity index (χ0v) is 15.0. The predicted octanol–water partition coefficient (Wildman–Crippen LogP) is 3.19. The number of aliphatic imine (C=N–C) groups is 1. The molecule has 3 rings (SSSR count). The third kappa shape index (κ3) is 4.24. The molecule has 0 aromatic heterocycles. The summed E-state index contributed by atoms with van der Waals surface area (Å²) < 4.78 is 11.1. The smallest absolute Gasteiger partial charge is 0.191 e. The molecule has 0 bridgehead atoms. The SMILES string of the molecule is CN=C(NCc1cc(C)cc(OC)c1)NC1CCOc2ccccc21. The van der Waals surface area contributed by atoms with Crippen LogP contribution in [0.1, 0.15) is 29.2 Å². The number of aryl methyl sites for hydroxylation is 1. The minimum absolute atomic E-state index is 0.197.